The molecule has 0 unspecified atom stereocenters. The Morgan fingerprint density at radius 2 is 2.00 bits per heavy atom. The summed E-state index contributed by atoms with van der Waals surface area (Å²) in [6.07, 6.45) is 0. The van der Waals surface area contributed by atoms with Crippen LogP contribution in [0.2, 0.25) is 0 Å². The molecule has 0 aliphatic heterocycles. The third kappa shape index (κ3) is 2.75. The van der Waals surface area contributed by atoms with Gasteiger partial charge in [-0.15, -0.1) is 11.3 Å². The highest BCUT2D eigenvalue weighted by Crippen LogP contribution is 2.31. The van der Waals surface area contributed by atoms with Crippen LogP contribution in [-0.4, -0.2) is 4.98 Å². The van der Waals surface area contributed by atoms with Crippen molar-refractivity contribution in [3.05, 3.63) is 39.6 Å². The topological polar surface area (TPSA) is 12.9 Å². The quantitative estimate of drug-likeness (QED) is 0.721. The molecule has 1 nitrogen and oxygen atoms in total. The number of benzene rings is 1. The molecule has 0 bridgehead atoms. The SMILES string of the molecule is CC(C)(C)c1csc(-c2ccc(Br)cc2F)n1. The van der Waals surface area contributed by atoms with Crippen molar-refractivity contribution in [2.45, 2.75) is 26.2 Å². The Labute approximate surface area is 113 Å². The molecule has 1 heterocycles. The molecule has 0 saturated heterocycles. The molecular weight excluding hydrogens is 301 g/mol. The summed E-state index contributed by atoms with van der Waals surface area (Å²) in [6.45, 7) is 6.30. The molecule has 2 rings (SSSR count). The molecule has 0 radical (unpaired) electrons. The highest BCUT2D eigenvalue weighted by molar-refractivity contribution is 9.10. The summed E-state index contributed by atoms with van der Waals surface area (Å²) in [5, 5.41) is 2.73. The van der Waals surface area contributed by atoms with Crippen LogP contribution in [0, 0.1) is 5.82 Å². The van der Waals surface area contributed by atoms with Gasteiger partial charge in [0.2, 0.25) is 0 Å². The number of thiazole rings is 1. The molecule has 0 saturated carbocycles. The molecule has 17 heavy (non-hydrogen) atoms. The summed E-state index contributed by atoms with van der Waals surface area (Å²) < 4.78 is 14.5. The van der Waals surface area contributed by atoms with Crippen molar-refractivity contribution in [2.24, 2.45) is 0 Å². The van der Waals surface area contributed by atoms with Gasteiger partial charge in [0, 0.05) is 20.8 Å². The molecule has 1 aromatic heterocycles. The van der Waals surface area contributed by atoms with Crippen LogP contribution in [0.25, 0.3) is 10.6 Å². The predicted octanol–water partition coefficient (Wildman–Crippen LogP) is 5.01. The molecule has 90 valence electrons. The van der Waals surface area contributed by atoms with Gasteiger partial charge in [-0.1, -0.05) is 36.7 Å². The Balaban J connectivity index is 2.44. The van der Waals surface area contributed by atoms with Gasteiger partial charge in [0.1, 0.15) is 10.8 Å². The van der Waals surface area contributed by atoms with Crippen LogP contribution < -0.4 is 0 Å². The number of hydrogen-bond donors (Lipinski definition) is 0. The van der Waals surface area contributed by atoms with E-state index in [2.05, 4.69) is 41.7 Å². The van der Waals surface area contributed by atoms with Gasteiger partial charge in [0.15, 0.2) is 0 Å². The monoisotopic (exact) mass is 313 g/mol. The van der Waals surface area contributed by atoms with Crippen molar-refractivity contribution in [1.82, 2.24) is 4.98 Å². The van der Waals surface area contributed by atoms with E-state index in [-0.39, 0.29) is 11.2 Å². The average Bonchev–Trinajstić information content (AvgIpc) is 2.65. The first kappa shape index (κ1) is 12.7. The maximum atomic E-state index is 13.8. The molecule has 0 spiro atoms. The number of rotatable bonds is 1. The minimum Gasteiger partial charge on any atom is -0.240 e. The van der Waals surface area contributed by atoms with Crippen LogP contribution >= 0.6 is 27.3 Å². The van der Waals surface area contributed by atoms with Crippen LogP contribution in [-0.2, 0) is 5.41 Å². The van der Waals surface area contributed by atoms with Gasteiger partial charge in [0.05, 0.1) is 5.69 Å². The second-order valence-electron chi connectivity index (χ2n) is 4.91. The van der Waals surface area contributed by atoms with Crippen molar-refractivity contribution in [1.29, 1.82) is 0 Å². The standard InChI is InChI=1S/C13H13BrFNS/c1-13(2,3)11-7-17-12(16-11)9-5-4-8(14)6-10(9)15/h4-7H,1-3H3. The molecule has 0 fully saturated rings. The molecule has 0 amide bonds. The van der Waals surface area contributed by atoms with Gasteiger partial charge in [-0.05, 0) is 18.2 Å². The number of halogens is 2. The smallest absolute Gasteiger partial charge is 0.134 e. The van der Waals surface area contributed by atoms with Gasteiger partial charge in [-0.3, -0.25) is 0 Å². The van der Waals surface area contributed by atoms with Crippen molar-refractivity contribution in [2.75, 3.05) is 0 Å². The number of nitrogens with zero attached hydrogens (tertiary/aromatic N) is 1. The molecule has 4 heteroatoms. The summed E-state index contributed by atoms with van der Waals surface area (Å²) in [5.41, 5.74) is 1.56. The first-order chi connectivity index (χ1) is 7.88. The third-order valence-corrected chi connectivity index (χ3v) is 3.80. The van der Waals surface area contributed by atoms with Crippen LogP contribution in [0.3, 0.4) is 0 Å². The largest absolute Gasteiger partial charge is 0.240 e. The van der Waals surface area contributed by atoms with E-state index in [0.29, 0.717) is 5.56 Å². The van der Waals surface area contributed by atoms with Crippen LogP contribution in [0.4, 0.5) is 4.39 Å². The predicted molar refractivity (Wildman–Crippen MR) is 73.9 cm³/mol. The Morgan fingerprint density at radius 1 is 1.29 bits per heavy atom. The Bertz CT molecular complexity index is 543. The zero-order chi connectivity index (χ0) is 12.6. The maximum absolute atomic E-state index is 13.8. The van der Waals surface area contributed by atoms with E-state index in [9.17, 15) is 4.39 Å². The third-order valence-electron chi connectivity index (χ3n) is 2.43. The average molecular weight is 314 g/mol. The van der Waals surface area contributed by atoms with E-state index in [4.69, 9.17) is 0 Å². The Hall–Kier alpha value is -0.740. The minimum atomic E-state index is -0.241. The number of hydrogen-bond acceptors (Lipinski definition) is 2. The van der Waals surface area contributed by atoms with Crippen molar-refractivity contribution < 1.29 is 4.39 Å². The highest BCUT2D eigenvalue weighted by Gasteiger charge is 2.19. The molecule has 2 aromatic rings. The van der Waals surface area contributed by atoms with Crippen molar-refractivity contribution in [3.63, 3.8) is 0 Å². The lowest BCUT2D eigenvalue weighted by molar-refractivity contribution is 0.573. The van der Waals surface area contributed by atoms with E-state index in [1.165, 1.54) is 17.4 Å². The van der Waals surface area contributed by atoms with Gasteiger partial charge < -0.3 is 0 Å². The summed E-state index contributed by atoms with van der Waals surface area (Å²) in [7, 11) is 0. The first-order valence-electron chi connectivity index (χ1n) is 5.29. The fraction of sp³-hybridized carbons (Fsp3) is 0.308. The summed E-state index contributed by atoms with van der Waals surface area (Å²) in [5.74, 6) is -0.241. The van der Waals surface area contributed by atoms with E-state index in [1.807, 2.05) is 11.4 Å². The van der Waals surface area contributed by atoms with Crippen LogP contribution in [0.5, 0.6) is 0 Å². The summed E-state index contributed by atoms with van der Waals surface area (Å²) in [4.78, 5) is 4.51. The lowest BCUT2D eigenvalue weighted by Gasteiger charge is -2.14. The van der Waals surface area contributed by atoms with Gasteiger partial charge in [0.25, 0.3) is 0 Å². The summed E-state index contributed by atoms with van der Waals surface area (Å²) >= 11 is 4.73. The molecular formula is C13H13BrFNS. The first-order valence-corrected chi connectivity index (χ1v) is 6.96. The zero-order valence-corrected chi connectivity index (χ0v) is 12.3. The van der Waals surface area contributed by atoms with E-state index in [0.717, 1.165) is 15.2 Å². The fourth-order valence-electron chi connectivity index (χ4n) is 1.40. The second-order valence-corrected chi connectivity index (χ2v) is 6.69. The lowest BCUT2D eigenvalue weighted by Crippen LogP contribution is -2.11. The minimum absolute atomic E-state index is 0.000585. The molecule has 1 aromatic carbocycles. The van der Waals surface area contributed by atoms with E-state index in [1.54, 1.807) is 6.07 Å². The van der Waals surface area contributed by atoms with Gasteiger partial charge in [-0.2, -0.15) is 0 Å². The molecule has 0 N–H and O–H groups in total. The van der Waals surface area contributed by atoms with E-state index < -0.39 is 0 Å². The lowest BCUT2D eigenvalue weighted by atomic mass is 9.93. The fourth-order valence-corrected chi connectivity index (χ4v) is 2.81. The van der Waals surface area contributed by atoms with Crippen molar-refractivity contribution >= 4 is 27.3 Å². The molecule has 0 aliphatic rings. The normalized spacial score (nSPS) is 11.8. The van der Waals surface area contributed by atoms with E-state index >= 15 is 0 Å². The van der Waals surface area contributed by atoms with Gasteiger partial charge in [-0.25, -0.2) is 9.37 Å². The number of aromatic nitrogens is 1. The van der Waals surface area contributed by atoms with Crippen LogP contribution in [0.1, 0.15) is 26.5 Å². The molecule has 0 aliphatic carbocycles. The van der Waals surface area contributed by atoms with Crippen molar-refractivity contribution in [3.8, 4) is 10.6 Å². The zero-order valence-electron chi connectivity index (χ0n) is 9.92. The highest BCUT2D eigenvalue weighted by atomic mass is 79.9. The molecule has 0 atom stereocenters. The van der Waals surface area contributed by atoms with Gasteiger partial charge >= 0.3 is 0 Å². The maximum Gasteiger partial charge on any atom is 0.134 e. The van der Waals surface area contributed by atoms with Crippen LogP contribution in [0.15, 0.2) is 28.1 Å². The second kappa shape index (κ2) is 4.50. The summed E-state index contributed by atoms with van der Waals surface area (Å²) in [6, 6.07) is 5.05. The Morgan fingerprint density at radius 3 is 2.53 bits per heavy atom. The Kier molecular flexibility index (Phi) is 3.36.